The molecule has 0 aliphatic heterocycles. The second kappa shape index (κ2) is 12.7. The van der Waals surface area contributed by atoms with E-state index in [-0.39, 0.29) is 30.3 Å². The molecule has 1 unspecified atom stereocenters. The van der Waals surface area contributed by atoms with Crippen molar-refractivity contribution in [1.82, 2.24) is 24.6 Å². The molecule has 2 atom stereocenters. The van der Waals surface area contributed by atoms with Crippen LogP contribution < -0.4 is 5.73 Å². The lowest BCUT2D eigenvalue weighted by atomic mass is 9.84. The Morgan fingerprint density at radius 2 is 1.88 bits per heavy atom. The number of aromatic nitrogens is 4. The molecule has 2 aromatic heterocycles. The maximum absolute atomic E-state index is 14.9. The van der Waals surface area contributed by atoms with E-state index in [2.05, 4.69) is 4.98 Å². The van der Waals surface area contributed by atoms with Crippen LogP contribution in [0.4, 0.5) is 8.78 Å². The summed E-state index contributed by atoms with van der Waals surface area (Å²) in [5, 5.41) is 5.06. The zero-order valence-electron chi connectivity index (χ0n) is 22.8. The number of amides is 1. The van der Waals surface area contributed by atoms with Crippen LogP contribution in [0.1, 0.15) is 55.0 Å². The summed E-state index contributed by atoms with van der Waals surface area (Å²) in [5.74, 6) is -0.215. The predicted molar refractivity (Wildman–Crippen MR) is 152 cm³/mol. The number of benzene rings is 2. The van der Waals surface area contributed by atoms with Crippen molar-refractivity contribution >= 4 is 17.5 Å². The summed E-state index contributed by atoms with van der Waals surface area (Å²) in [5.41, 5.74) is 6.85. The van der Waals surface area contributed by atoms with Gasteiger partial charge in [0.25, 0.3) is 5.91 Å². The van der Waals surface area contributed by atoms with Crippen LogP contribution in [0, 0.1) is 11.2 Å². The van der Waals surface area contributed by atoms with E-state index >= 15 is 0 Å². The fourth-order valence-electron chi connectivity index (χ4n) is 4.59. The van der Waals surface area contributed by atoms with Gasteiger partial charge in [0.15, 0.2) is 11.6 Å². The largest absolute Gasteiger partial charge is 0.328 e. The van der Waals surface area contributed by atoms with E-state index in [1.807, 2.05) is 51.1 Å². The highest BCUT2D eigenvalue weighted by molar-refractivity contribution is 6.30. The standard InChI is InChI=1S/C30H33ClF2N6O/c1-30(2,3)26(38(15-13-23(34)17-32)29(40)21-10-7-14-35-18-21)28-36-27(24-16-22(31)11-12-25(24)33)37-39(28)19-20-8-5-4-6-9-20/h4-12,14,16,18,23,26H,13,15,17,19,34H2,1-3H3/t23?,26-/m0/s1. The summed E-state index contributed by atoms with van der Waals surface area (Å²) in [6.45, 7) is 5.74. The lowest BCUT2D eigenvalue weighted by molar-refractivity contribution is 0.0469. The lowest BCUT2D eigenvalue weighted by Crippen LogP contribution is -2.44. The molecule has 210 valence electrons. The molecular formula is C30H33ClF2N6O. The third-order valence-electron chi connectivity index (χ3n) is 6.53. The van der Waals surface area contributed by atoms with Gasteiger partial charge in [-0.25, -0.2) is 18.4 Å². The Labute approximate surface area is 238 Å². The molecular weight excluding hydrogens is 534 g/mol. The number of carbonyl (C=O) groups is 1. The number of halogens is 3. The van der Waals surface area contributed by atoms with Gasteiger partial charge in [0.05, 0.1) is 23.7 Å². The second-order valence-electron chi connectivity index (χ2n) is 10.8. The van der Waals surface area contributed by atoms with Crippen molar-refractivity contribution in [3.63, 3.8) is 0 Å². The van der Waals surface area contributed by atoms with Crippen molar-refractivity contribution in [3.05, 3.63) is 101 Å². The van der Waals surface area contributed by atoms with Crippen LogP contribution in [0.2, 0.25) is 5.02 Å². The Morgan fingerprint density at radius 1 is 1.12 bits per heavy atom. The smallest absolute Gasteiger partial charge is 0.256 e. The van der Waals surface area contributed by atoms with E-state index in [4.69, 9.17) is 27.4 Å². The summed E-state index contributed by atoms with van der Waals surface area (Å²) in [6.07, 6.45) is 3.31. The van der Waals surface area contributed by atoms with E-state index in [0.29, 0.717) is 23.0 Å². The Balaban J connectivity index is 1.90. The van der Waals surface area contributed by atoms with Crippen LogP contribution in [-0.4, -0.2) is 49.8 Å². The highest BCUT2D eigenvalue weighted by Crippen LogP contribution is 2.39. The summed E-state index contributed by atoms with van der Waals surface area (Å²) in [6, 6.07) is 15.9. The first-order chi connectivity index (χ1) is 19.1. The van der Waals surface area contributed by atoms with Crippen LogP contribution in [0.15, 0.2) is 73.1 Å². The van der Waals surface area contributed by atoms with Gasteiger partial charge in [0.2, 0.25) is 0 Å². The molecule has 4 aromatic rings. The molecule has 0 saturated heterocycles. The highest BCUT2D eigenvalue weighted by Gasteiger charge is 2.39. The molecule has 0 fully saturated rings. The first-order valence-corrected chi connectivity index (χ1v) is 13.4. The molecule has 2 N–H and O–H groups in total. The van der Waals surface area contributed by atoms with Gasteiger partial charge in [0.1, 0.15) is 12.5 Å². The summed E-state index contributed by atoms with van der Waals surface area (Å²) in [7, 11) is 0. The van der Waals surface area contributed by atoms with E-state index < -0.39 is 30.0 Å². The Morgan fingerprint density at radius 3 is 2.52 bits per heavy atom. The van der Waals surface area contributed by atoms with Crippen molar-refractivity contribution in [1.29, 1.82) is 0 Å². The lowest BCUT2D eigenvalue weighted by Gasteiger charge is -2.40. The van der Waals surface area contributed by atoms with E-state index in [1.165, 1.54) is 24.4 Å². The van der Waals surface area contributed by atoms with Crippen molar-refractivity contribution in [2.24, 2.45) is 11.1 Å². The molecule has 0 radical (unpaired) electrons. The minimum Gasteiger partial charge on any atom is -0.328 e. The zero-order valence-corrected chi connectivity index (χ0v) is 23.5. The van der Waals surface area contributed by atoms with E-state index in [1.54, 1.807) is 27.9 Å². The zero-order chi connectivity index (χ0) is 28.9. The fraction of sp³-hybridized carbons (Fsp3) is 0.333. The Hall–Kier alpha value is -3.69. The normalized spacial score (nSPS) is 13.2. The maximum Gasteiger partial charge on any atom is 0.256 e. The number of pyridine rings is 1. The number of hydrogen-bond acceptors (Lipinski definition) is 5. The molecule has 2 aromatic carbocycles. The topological polar surface area (TPSA) is 89.9 Å². The molecule has 0 bridgehead atoms. The Kier molecular flexibility index (Phi) is 9.27. The molecule has 10 heteroatoms. The SMILES string of the molecule is CC(C)(C)[C@H](c1nc(-c2cc(Cl)ccc2F)nn1Cc1ccccc1)N(CCC(N)CF)C(=O)c1cccnc1. The number of rotatable bonds is 10. The van der Waals surface area contributed by atoms with Gasteiger partial charge in [-0.1, -0.05) is 62.7 Å². The predicted octanol–water partition coefficient (Wildman–Crippen LogP) is 6.10. The van der Waals surface area contributed by atoms with Crippen LogP contribution >= 0.6 is 11.6 Å². The molecule has 0 aliphatic rings. The fourth-order valence-corrected chi connectivity index (χ4v) is 4.76. The van der Waals surface area contributed by atoms with Gasteiger partial charge in [-0.2, -0.15) is 5.10 Å². The minimum absolute atomic E-state index is 0.148. The third kappa shape index (κ3) is 6.89. The molecule has 2 heterocycles. The van der Waals surface area contributed by atoms with Crippen molar-refractivity contribution < 1.29 is 13.6 Å². The van der Waals surface area contributed by atoms with Crippen LogP contribution in [-0.2, 0) is 6.54 Å². The minimum atomic E-state index is -0.733. The van der Waals surface area contributed by atoms with Gasteiger partial charge in [0, 0.05) is 30.0 Å². The van der Waals surface area contributed by atoms with E-state index in [0.717, 1.165) is 5.56 Å². The van der Waals surface area contributed by atoms with Crippen molar-refractivity contribution in [2.75, 3.05) is 13.2 Å². The third-order valence-corrected chi connectivity index (χ3v) is 6.76. The van der Waals surface area contributed by atoms with Crippen molar-refractivity contribution in [3.8, 4) is 11.4 Å². The summed E-state index contributed by atoms with van der Waals surface area (Å²) < 4.78 is 30.0. The maximum atomic E-state index is 14.9. The molecule has 40 heavy (non-hydrogen) atoms. The van der Waals surface area contributed by atoms with Crippen LogP contribution in [0.25, 0.3) is 11.4 Å². The molecule has 0 saturated carbocycles. The van der Waals surface area contributed by atoms with E-state index in [9.17, 15) is 13.6 Å². The molecule has 0 spiro atoms. The van der Waals surface area contributed by atoms with Gasteiger partial charge in [-0.15, -0.1) is 0 Å². The van der Waals surface area contributed by atoms with Gasteiger partial charge in [-0.05, 0) is 47.7 Å². The van der Waals surface area contributed by atoms with Crippen LogP contribution in [0.3, 0.4) is 0 Å². The van der Waals surface area contributed by atoms with Crippen molar-refractivity contribution in [2.45, 2.75) is 45.8 Å². The first kappa shape index (κ1) is 29.3. The first-order valence-electron chi connectivity index (χ1n) is 13.0. The van der Waals surface area contributed by atoms with Gasteiger partial charge < -0.3 is 10.6 Å². The number of hydrogen-bond donors (Lipinski definition) is 1. The van der Waals surface area contributed by atoms with Gasteiger partial charge in [-0.3, -0.25) is 9.78 Å². The quantitative estimate of drug-likeness (QED) is 0.251. The number of carbonyl (C=O) groups excluding carboxylic acids is 1. The molecule has 4 rings (SSSR count). The average Bonchev–Trinajstić information content (AvgIpc) is 3.34. The average molecular weight is 567 g/mol. The van der Waals surface area contributed by atoms with Crippen LogP contribution in [0.5, 0.6) is 0 Å². The number of alkyl halides is 1. The summed E-state index contributed by atoms with van der Waals surface area (Å²) in [4.78, 5) is 24.6. The Bertz CT molecular complexity index is 1430. The number of nitrogens with two attached hydrogens (primary N) is 1. The molecule has 7 nitrogen and oxygen atoms in total. The highest BCUT2D eigenvalue weighted by atomic mass is 35.5. The van der Waals surface area contributed by atoms with Gasteiger partial charge >= 0.3 is 0 Å². The molecule has 1 amide bonds. The number of nitrogens with zero attached hydrogens (tertiary/aromatic N) is 5. The second-order valence-corrected chi connectivity index (χ2v) is 11.2. The molecule has 0 aliphatic carbocycles. The monoisotopic (exact) mass is 566 g/mol. The summed E-state index contributed by atoms with van der Waals surface area (Å²) >= 11 is 6.19.